The van der Waals surface area contributed by atoms with Gasteiger partial charge in [0.15, 0.2) is 0 Å². The predicted octanol–water partition coefficient (Wildman–Crippen LogP) is 3.35. The van der Waals surface area contributed by atoms with E-state index in [2.05, 4.69) is 4.74 Å². The average Bonchev–Trinajstić information content (AvgIpc) is 2.97. The van der Waals surface area contributed by atoms with Crippen LogP contribution >= 0.6 is 0 Å². The summed E-state index contributed by atoms with van der Waals surface area (Å²) in [4.78, 5) is 38.5. The van der Waals surface area contributed by atoms with E-state index in [0.29, 0.717) is 22.5 Å². The number of para-hydroxylation sites is 1. The smallest absolute Gasteiger partial charge is 0.340 e. The second kappa shape index (κ2) is 7.92. The number of nitrogens with zero attached hydrogens (tertiary/aromatic N) is 1. The number of amides is 1. The third kappa shape index (κ3) is 3.44. The Morgan fingerprint density at radius 2 is 1.50 bits per heavy atom. The van der Waals surface area contributed by atoms with Crippen LogP contribution in [-0.4, -0.2) is 32.1 Å². The lowest BCUT2D eigenvalue weighted by atomic mass is 10.0. The molecule has 6 heteroatoms. The Morgan fingerprint density at radius 3 is 2.07 bits per heavy atom. The van der Waals surface area contributed by atoms with Crippen LogP contribution in [0.25, 0.3) is 6.08 Å². The Labute approximate surface area is 162 Å². The van der Waals surface area contributed by atoms with E-state index >= 15 is 0 Å². The van der Waals surface area contributed by atoms with Crippen LogP contribution in [0.3, 0.4) is 0 Å². The molecule has 1 aliphatic heterocycles. The summed E-state index contributed by atoms with van der Waals surface area (Å²) in [5, 5.41) is 0. The molecule has 0 saturated carbocycles. The quantitative estimate of drug-likeness (QED) is 0.603. The Kier molecular flexibility index (Phi) is 5.40. The lowest BCUT2D eigenvalue weighted by molar-refractivity contribution is -0.136. The molecule has 1 amide bonds. The first-order valence-electron chi connectivity index (χ1n) is 8.57. The molecule has 28 heavy (non-hydrogen) atoms. The molecule has 6 nitrogen and oxygen atoms in total. The van der Waals surface area contributed by atoms with Gasteiger partial charge in [-0.2, -0.15) is 0 Å². The van der Waals surface area contributed by atoms with Gasteiger partial charge in [-0.25, -0.2) is 9.59 Å². The van der Waals surface area contributed by atoms with E-state index in [1.807, 2.05) is 18.2 Å². The van der Waals surface area contributed by atoms with Crippen LogP contribution in [0.1, 0.15) is 22.8 Å². The minimum atomic E-state index is -0.582. The van der Waals surface area contributed by atoms with E-state index in [1.165, 1.54) is 19.1 Å². The van der Waals surface area contributed by atoms with Crippen molar-refractivity contribution in [3.05, 3.63) is 82.6 Å². The van der Waals surface area contributed by atoms with Crippen LogP contribution in [0.2, 0.25) is 0 Å². The first-order chi connectivity index (χ1) is 13.5. The van der Waals surface area contributed by atoms with E-state index in [9.17, 15) is 14.4 Å². The second-order valence-electron chi connectivity index (χ2n) is 6.10. The van der Waals surface area contributed by atoms with Gasteiger partial charge in [0.2, 0.25) is 0 Å². The summed E-state index contributed by atoms with van der Waals surface area (Å²) in [7, 11) is 2.59. The Balaban J connectivity index is 2.06. The van der Waals surface area contributed by atoms with Crippen molar-refractivity contribution in [1.82, 2.24) is 0 Å². The average molecular weight is 377 g/mol. The SMILES string of the molecule is COC(=O)C1=C(C)N(c2ccccc2)C(=O)/C1=C\c1ccc(C(=O)OC)cc1. The molecule has 1 heterocycles. The topological polar surface area (TPSA) is 72.9 Å². The Bertz CT molecular complexity index is 987. The maximum Gasteiger partial charge on any atom is 0.340 e. The number of anilines is 1. The molecule has 2 aromatic carbocycles. The summed E-state index contributed by atoms with van der Waals surface area (Å²) >= 11 is 0. The molecule has 0 fully saturated rings. The van der Waals surface area contributed by atoms with Crippen molar-refractivity contribution in [2.75, 3.05) is 19.1 Å². The largest absolute Gasteiger partial charge is 0.465 e. The first kappa shape index (κ1) is 19.1. The van der Waals surface area contributed by atoms with Crippen molar-refractivity contribution in [1.29, 1.82) is 0 Å². The highest BCUT2D eigenvalue weighted by atomic mass is 16.5. The fourth-order valence-corrected chi connectivity index (χ4v) is 3.07. The molecular weight excluding hydrogens is 358 g/mol. The number of hydrogen-bond donors (Lipinski definition) is 0. The molecule has 0 unspecified atom stereocenters. The highest BCUT2D eigenvalue weighted by molar-refractivity contribution is 6.23. The van der Waals surface area contributed by atoms with E-state index in [-0.39, 0.29) is 17.1 Å². The zero-order valence-electron chi connectivity index (χ0n) is 15.8. The monoisotopic (exact) mass is 377 g/mol. The molecule has 0 spiro atoms. The number of allylic oxidation sites excluding steroid dienone is 1. The summed E-state index contributed by atoms with van der Waals surface area (Å²) in [6.07, 6.45) is 1.61. The normalized spacial score (nSPS) is 15.2. The van der Waals surface area contributed by atoms with Crippen LogP contribution in [-0.2, 0) is 19.1 Å². The fourth-order valence-electron chi connectivity index (χ4n) is 3.07. The third-order valence-corrected chi connectivity index (χ3v) is 4.45. The maximum atomic E-state index is 13.1. The van der Waals surface area contributed by atoms with E-state index < -0.39 is 11.9 Å². The zero-order chi connectivity index (χ0) is 20.3. The molecule has 1 aliphatic rings. The molecule has 0 bridgehead atoms. The fraction of sp³-hybridized carbons (Fsp3) is 0.136. The van der Waals surface area contributed by atoms with E-state index in [4.69, 9.17) is 4.74 Å². The van der Waals surface area contributed by atoms with E-state index in [1.54, 1.807) is 49.4 Å². The molecule has 0 atom stereocenters. The number of ether oxygens (including phenoxy) is 2. The molecule has 0 saturated heterocycles. The molecule has 3 rings (SSSR count). The zero-order valence-corrected chi connectivity index (χ0v) is 15.8. The van der Waals surface area contributed by atoms with Crippen molar-refractivity contribution in [2.45, 2.75) is 6.92 Å². The predicted molar refractivity (Wildman–Crippen MR) is 104 cm³/mol. The van der Waals surface area contributed by atoms with Gasteiger partial charge >= 0.3 is 11.9 Å². The van der Waals surface area contributed by atoms with Crippen LogP contribution in [0.5, 0.6) is 0 Å². The van der Waals surface area contributed by atoms with Gasteiger partial charge in [-0.3, -0.25) is 9.69 Å². The van der Waals surface area contributed by atoms with Gasteiger partial charge in [-0.15, -0.1) is 0 Å². The standard InChI is InChI=1S/C22H19NO5/c1-14-19(22(26)28-3)18(20(24)23(14)17-7-5-4-6-8-17)13-15-9-11-16(12-10-15)21(25)27-2/h4-13H,1-3H3/b18-13-. The molecule has 2 aromatic rings. The minimum absolute atomic E-state index is 0.216. The molecular formula is C22H19NO5. The Hall–Kier alpha value is -3.67. The second-order valence-corrected chi connectivity index (χ2v) is 6.10. The first-order valence-corrected chi connectivity index (χ1v) is 8.57. The van der Waals surface area contributed by atoms with Gasteiger partial charge in [0.1, 0.15) is 0 Å². The highest BCUT2D eigenvalue weighted by Gasteiger charge is 2.37. The van der Waals surface area contributed by atoms with Crippen molar-refractivity contribution >= 4 is 29.6 Å². The van der Waals surface area contributed by atoms with E-state index in [0.717, 1.165) is 0 Å². The number of carbonyl (C=O) groups is 3. The molecule has 0 aromatic heterocycles. The van der Waals surface area contributed by atoms with Gasteiger partial charge in [0.05, 0.1) is 30.9 Å². The van der Waals surface area contributed by atoms with Gasteiger partial charge in [0.25, 0.3) is 5.91 Å². The third-order valence-electron chi connectivity index (χ3n) is 4.45. The number of hydrogen-bond acceptors (Lipinski definition) is 5. The molecule has 0 radical (unpaired) electrons. The number of benzene rings is 2. The van der Waals surface area contributed by atoms with Gasteiger partial charge in [-0.05, 0) is 42.8 Å². The molecule has 0 N–H and O–H groups in total. The number of esters is 2. The van der Waals surface area contributed by atoms with Crippen LogP contribution in [0.4, 0.5) is 5.69 Å². The number of carbonyl (C=O) groups excluding carboxylic acids is 3. The summed E-state index contributed by atoms with van der Waals surface area (Å²) < 4.78 is 9.58. The number of methoxy groups -OCH3 is 2. The summed E-state index contributed by atoms with van der Waals surface area (Å²) in [5.74, 6) is -1.35. The van der Waals surface area contributed by atoms with Crippen LogP contribution in [0, 0.1) is 0 Å². The van der Waals surface area contributed by atoms with Crippen molar-refractivity contribution in [3.8, 4) is 0 Å². The molecule has 0 aliphatic carbocycles. The molecule has 142 valence electrons. The summed E-state index contributed by atoms with van der Waals surface area (Å²) in [5.41, 5.74) is 2.68. The van der Waals surface area contributed by atoms with Gasteiger partial charge in [0, 0.05) is 11.4 Å². The lowest BCUT2D eigenvalue weighted by Gasteiger charge is -2.17. The van der Waals surface area contributed by atoms with Crippen molar-refractivity contribution < 1.29 is 23.9 Å². The summed E-state index contributed by atoms with van der Waals surface area (Å²) in [6.45, 7) is 1.71. The van der Waals surface area contributed by atoms with Crippen LogP contribution in [0.15, 0.2) is 71.4 Å². The van der Waals surface area contributed by atoms with Crippen molar-refractivity contribution in [3.63, 3.8) is 0 Å². The lowest BCUT2D eigenvalue weighted by Crippen LogP contribution is -2.24. The minimum Gasteiger partial charge on any atom is -0.465 e. The van der Waals surface area contributed by atoms with Gasteiger partial charge < -0.3 is 9.47 Å². The van der Waals surface area contributed by atoms with Crippen LogP contribution < -0.4 is 4.90 Å². The van der Waals surface area contributed by atoms with Crippen molar-refractivity contribution in [2.24, 2.45) is 0 Å². The maximum absolute atomic E-state index is 13.1. The Morgan fingerprint density at radius 1 is 0.893 bits per heavy atom. The van der Waals surface area contributed by atoms with Gasteiger partial charge in [-0.1, -0.05) is 30.3 Å². The highest BCUT2D eigenvalue weighted by Crippen LogP contribution is 2.35. The number of rotatable bonds is 4. The summed E-state index contributed by atoms with van der Waals surface area (Å²) in [6, 6.07) is 15.6.